The van der Waals surface area contributed by atoms with Crippen LogP contribution in [0.15, 0.2) is 0 Å². The molecule has 0 aromatic heterocycles. The molecule has 4 heteroatoms. The molecule has 0 aromatic rings. The number of ether oxygens (including phenoxy) is 2. The monoisotopic (exact) mass is 258 g/mol. The third kappa shape index (κ3) is 7.31. The van der Waals surface area contributed by atoms with E-state index in [-0.39, 0.29) is 0 Å². The Morgan fingerprint density at radius 1 is 1.17 bits per heavy atom. The highest BCUT2D eigenvalue weighted by molar-refractivity contribution is 4.73. The van der Waals surface area contributed by atoms with E-state index in [1.54, 1.807) is 0 Å². The molecule has 0 aliphatic carbocycles. The van der Waals surface area contributed by atoms with Gasteiger partial charge >= 0.3 is 0 Å². The lowest BCUT2D eigenvalue weighted by atomic mass is 10.2. The number of hydrogen-bond acceptors (Lipinski definition) is 4. The fraction of sp³-hybridized carbons (Fsp3) is 1.00. The Bertz CT molecular complexity index is 192. The maximum absolute atomic E-state index is 5.72. The number of nitrogens with zero attached hydrogens (tertiary/aromatic N) is 1. The number of morpholine rings is 1. The first-order valence-corrected chi connectivity index (χ1v) is 7.38. The molecule has 1 aliphatic rings. The lowest BCUT2D eigenvalue weighted by Gasteiger charge is -2.35. The first-order valence-electron chi connectivity index (χ1n) is 7.38. The van der Waals surface area contributed by atoms with E-state index in [2.05, 4.69) is 24.1 Å². The third-order valence-electron chi connectivity index (χ3n) is 3.20. The Morgan fingerprint density at radius 3 is 2.56 bits per heavy atom. The Labute approximate surface area is 112 Å². The minimum atomic E-state index is 0.375. The molecule has 2 atom stereocenters. The molecule has 2 unspecified atom stereocenters. The summed E-state index contributed by atoms with van der Waals surface area (Å²) < 4.78 is 11.0. The van der Waals surface area contributed by atoms with E-state index in [0.29, 0.717) is 12.2 Å². The summed E-state index contributed by atoms with van der Waals surface area (Å²) in [5.74, 6) is 0. The first-order chi connectivity index (χ1) is 8.72. The second-order valence-electron chi connectivity index (χ2n) is 5.17. The van der Waals surface area contributed by atoms with Gasteiger partial charge in [-0.05, 0) is 40.2 Å². The van der Waals surface area contributed by atoms with Crippen molar-refractivity contribution in [3.63, 3.8) is 0 Å². The molecular formula is C14H30N2O2. The van der Waals surface area contributed by atoms with Crippen LogP contribution >= 0.6 is 0 Å². The van der Waals surface area contributed by atoms with Crippen molar-refractivity contribution in [2.45, 2.75) is 45.8 Å². The van der Waals surface area contributed by atoms with Crippen LogP contribution in [0.1, 0.15) is 33.6 Å². The van der Waals surface area contributed by atoms with Gasteiger partial charge in [0.25, 0.3) is 0 Å². The molecule has 0 saturated carbocycles. The molecule has 0 aromatic carbocycles. The lowest BCUT2D eigenvalue weighted by molar-refractivity contribution is -0.0674. The SMILES string of the molecule is CCOCCCCNCCN1CC(C)OC(C)C1. The largest absolute Gasteiger partial charge is 0.382 e. The van der Waals surface area contributed by atoms with Crippen LogP contribution in [0, 0.1) is 0 Å². The molecule has 1 aliphatic heterocycles. The summed E-state index contributed by atoms with van der Waals surface area (Å²) in [6, 6.07) is 0. The molecule has 0 radical (unpaired) electrons. The quantitative estimate of drug-likeness (QED) is 0.636. The summed E-state index contributed by atoms with van der Waals surface area (Å²) in [4.78, 5) is 2.49. The Morgan fingerprint density at radius 2 is 1.89 bits per heavy atom. The van der Waals surface area contributed by atoms with Gasteiger partial charge in [0.15, 0.2) is 0 Å². The topological polar surface area (TPSA) is 33.7 Å². The lowest BCUT2D eigenvalue weighted by Crippen LogP contribution is -2.47. The highest BCUT2D eigenvalue weighted by atomic mass is 16.5. The number of unbranched alkanes of at least 4 members (excludes halogenated alkanes) is 1. The highest BCUT2D eigenvalue weighted by Gasteiger charge is 2.21. The molecule has 0 bridgehead atoms. The Hall–Kier alpha value is -0.160. The minimum absolute atomic E-state index is 0.375. The summed E-state index contributed by atoms with van der Waals surface area (Å²) in [5, 5.41) is 3.50. The average Bonchev–Trinajstić information content (AvgIpc) is 2.31. The predicted molar refractivity (Wildman–Crippen MR) is 75.0 cm³/mol. The van der Waals surface area contributed by atoms with Crippen molar-refractivity contribution in [2.75, 3.05) is 45.9 Å². The van der Waals surface area contributed by atoms with Gasteiger partial charge in [0.05, 0.1) is 12.2 Å². The minimum Gasteiger partial charge on any atom is -0.382 e. The van der Waals surface area contributed by atoms with Gasteiger partial charge in [-0.3, -0.25) is 4.90 Å². The van der Waals surface area contributed by atoms with E-state index in [9.17, 15) is 0 Å². The molecular weight excluding hydrogens is 228 g/mol. The van der Waals surface area contributed by atoms with Crippen LogP contribution in [-0.2, 0) is 9.47 Å². The summed E-state index contributed by atoms with van der Waals surface area (Å²) >= 11 is 0. The van der Waals surface area contributed by atoms with Crippen molar-refractivity contribution in [1.29, 1.82) is 0 Å². The van der Waals surface area contributed by atoms with Crippen LogP contribution in [0.3, 0.4) is 0 Å². The zero-order valence-corrected chi connectivity index (χ0v) is 12.3. The molecule has 18 heavy (non-hydrogen) atoms. The van der Waals surface area contributed by atoms with Crippen LogP contribution in [-0.4, -0.2) is 63.0 Å². The van der Waals surface area contributed by atoms with Crippen molar-refractivity contribution in [2.24, 2.45) is 0 Å². The maximum atomic E-state index is 5.72. The van der Waals surface area contributed by atoms with E-state index in [1.165, 1.54) is 6.42 Å². The van der Waals surface area contributed by atoms with Crippen molar-refractivity contribution in [3.05, 3.63) is 0 Å². The number of rotatable bonds is 9. The molecule has 1 N–H and O–H groups in total. The van der Waals surface area contributed by atoms with Crippen LogP contribution in [0.4, 0.5) is 0 Å². The smallest absolute Gasteiger partial charge is 0.0678 e. The fourth-order valence-electron chi connectivity index (χ4n) is 2.43. The van der Waals surface area contributed by atoms with Gasteiger partial charge in [-0.2, -0.15) is 0 Å². The molecule has 4 nitrogen and oxygen atoms in total. The van der Waals surface area contributed by atoms with Gasteiger partial charge in [0, 0.05) is 39.4 Å². The van der Waals surface area contributed by atoms with Gasteiger partial charge in [0.1, 0.15) is 0 Å². The molecule has 108 valence electrons. The summed E-state index contributed by atoms with van der Waals surface area (Å²) in [6.45, 7) is 13.5. The number of hydrogen-bond donors (Lipinski definition) is 1. The molecule has 1 heterocycles. The zero-order chi connectivity index (χ0) is 13.2. The normalized spacial score (nSPS) is 25.5. The van der Waals surface area contributed by atoms with Gasteiger partial charge in [-0.15, -0.1) is 0 Å². The average molecular weight is 258 g/mol. The van der Waals surface area contributed by atoms with Crippen LogP contribution in [0.5, 0.6) is 0 Å². The van der Waals surface area contributed by atoms with Crippen LogP contribution < -0.4 is 5.32 Å². The standard InChI is InChI=1S/C14H30N2O2/c1-4-17-10-6-5-7-15-8-9-16-11-13(2)18-14(3)12-16/h13-15H,4-12H2,1-3H3. The van der Waals surface area contributed by atoms with Crippen molar-refractivity contribution in [1.82, 2.24) is 10.2 Å². The Kier molecular flexibility index (Phi) is 8.59. The second kappa shape index (κ2) is 9.73. The first kappa shape index (κ1) is 15.9. The summed E-state index contributed by atoms with van der Waals surface area (Å²) in [7, 11) is 0. The molecule has 0 spiro atoms. The van der Waals surface area contributed by atoms with Gasteiger partial charge < -0.3 is 14.8 Å². The van der Waals surface area contributed by atoms with Gasteiger partial charge in [-0.1, -0.05) is 0 Å². The van der Waals surface area contributed by atoms with E-state index in [0.717, 1.165) is 52.4 Å². The highest BCUT2D eigenvalue weighted by Crippen LogP contribution is 2.09. The van der Waals surface area contributed by atoms with Gasteiger partial charge in [0.2, 0.25) is 0 Å². The summed E-state index contributed by atoms with van der Waals surface area (Å²) in [6.07, 6.45) is 3.11. The second-order valence-corrected chi connectivity index (χ2v) is 5.17. The van der Waals surface area contributed by atoms with E-state index < -0.39 is 0 Å². The number of nitrogens with one attached hydrogen (secondary N) is 1. The molecule has 0 amide bonds. The molecule has 1 rings (SSSR count). The predicted octanol–water partition coefficient (Wildman–Crippen LogP) is 1.50. The van der Waals surface area contributed by atoms with Crippen molar-refractivity contribution >= 4 is 0 Å². The van der Waals surface area contributed by atoms with E-state index in [1.807, 2.05) is 6.92 Å². The van der Waals surface area contributed by atoms with Crippen molar-refractivity contribution < 1.29 is 9.47 Å². The molecule has 1 saturated heterocycles. The van der Waals surface area contributed by atoms with Crippen molar-refractivity contribution in [3.8, 4) is 0 Å². The third-order valence-corrected chi connectivity index (χ3v) is 3.20. The maximum Gasteiger partial charge on any atom is 0.0678 e. The van der Waals surface area contributed by atoms with E-state index in [4.69, 9.17) is 9.47 Å². The fourth-order valence-corrected chi connectivity index (χ4v) is 2.43. The Balaban J connectivity index is 1.91. The molecule has 1 fully saturated rings. The zero-order valence-electron chi connectivity index (χ0n) is 12.3. The van der Waals surface area contributed by atoms with E-state index >= 15 is 0 Å². The van der Waals surface area contributed by atoms with Crippen LogP contribution in [0.25, 0.3) is 0 Å². The van der Waals surface area contributed by atoms with Gasteiger partial charge in [-0.25, -0.2) is 0 Å². The van der Waals surface area contributed by atoms with Crippen LogP contribution in [0.2, 0.25) is 0 Å². The summed E-state index contributed by atoms with van der Waals surface area (Å²) in [5.41, 5.74) is 0.